The Kier molecular flexibility index (Phi) is 2.00. The van der Waals surface area contributed by atoms with E-state index in [0.29, 0.717) is 0 Å². The third kappa shape index (κ3) is 1.54. The van der Waals surface area contributed by atoms with E-state index in [1.54, 1.807) is 6.20 Å². The van der Waals surface area contributed by atoms with Crippen LogP contribution in [0.2, 0.25) is 0 Å². The van der Waals surface area contributed by atoms with Crippen molar-refractivity contribution in [2.24, 2.45) is 0 Å². The van der Waals surface area contributed by atoms with Gasteiger partial charge in [-0.2, -0.15) is 0 Å². The predicted octanol–water partition coefficient (Wildman–Crippen LogP) is 1.32. The van der Waals surface area contributed by atoms with E-state index >= 15 is 0 Å². The van der Waals surface area contributed by atoms with Crippen LogP contribution in [0.3, 0.4) is 0 Å². The average molecular weight is 182 g/mol. The molecule has 0 bridgehead atoms. The molecular formula is C9H14N2O2. The molecule has 1 aromatic rings. The molecule has 0 aliphatic carbocycles. The highest BCUT2D eigenvalue weighted by Crippen LogP contribution is 2.34. The van der Waals surface area contributed by atoms with Gasteiger partial charge >= 0.3 is 0 Å². The summed E-state index contributed by atoms with van der Waals surface area (Å²) in [5.41, 5.74) is 5.49. The summed E-state index contributed by atoms with van der Waals surface area (Å²) in [6.45, 7) is 3.74. The van der Waals surface area contributed by atoms with Gasteiger partial charge in [-0.25, -0.2) is 4.98 Å². The van der Waals surface area contributed by atoms with E-state index in [9.17, 15) is 0 Å². The monoisotopic (exact) mass is 182 g/mol. The summed E-state index contributed by atoms with van der Waals surface area (Å²) < 4.78 is 10.6. The molecule has 0 aromatic carbocycles. The first-order valence-corrected chi connectivity index (χ1v) is 4.50. The van der Waals surface area contributed by atoms with Crippen molar-refractivity contribution in [3.8, 4) is 0 Å². The number of aromatic nitrogens is 1. The topological polar surface area (TPSA) is 61.3 Å². The molecule has 1 saturated heterocycles. The second kappa shape index (κ2) is 3.03. The Balaban J connectivity index is 2.22. The van der Waals surface area contributed by atoms with Crippen molar-refractivity contribution in [2.45, 2.75) is 25.2 Å². The summed E-state index contributed by atoms with van der Waals surface area (Å²) in [7, 11) is 0. The highest BCUT2D eigenvalue weighted by Gasteiger charge is 2.32. The molecular weight excluding hydrogens is 168 g/mol. The quantitative estimate of drug-likeness (QED) is 0.711. The van der Waals surface area contributed by atoms with E-state index in [4.69, 9.17) is 14.9 Å². The molecule has 72 valence electrons. The molecule has 4 heteroatoms. The summed E-state index contributed by atoms with van der Waals surface area (Å²) in [4.78, 5) is 3.91. The molecule has 0 unspecified atom stereocenters. The Labute approximate surface area is 77.1 Å². The van der Waals surface area contributed by atoms with Gasteiger partial charge in [0, 0.05) is 18.6 Å². The van der Waals surface area contributed by atoms with Gasteiger partial charge in [-0.1, -0.05) is 6.92 Å². The molecule has 1 aliphatic rings. The average Bonchev–Trinajstić information content (AvgIpc) is 2.54. The Morgan fingerprint density at radius 1 is 1.46 bits per heavy atom. The number of ether oxygens (including phenoxy) is 1. The normalized spacial score (nSPS) is 21.6. The van der Waals surface area contributed by atoms with Gasteiger partial charge in [0.1, 0.15) is 5.76 Å². The third-order valence-electron chi connectivity index (χ3n) is 2.71. The number of nitrogens with zero attached hydrogens (tertiary/aromatic N) is 1. The molecule has 1 aromatic heterocycles. The molecule has 4 nitrogen and oxygen atoms in total. The number of rotatable bonds is 1. The zero-order valence-electron chi connectivity index (χ0n) is 7.75. The lowest BCUT2D eigenvalue weighted by atomic mass is 9.80. The minimum atomic E-state index is 0.0584. The zero-order valence-corrected chi connectivity index (χ0v) is 7.75. The van der Waals surface area contributed by atoms with Crippen LogP contribution in [0.1, 0.15) is 25.5 Å². The van der Waals surface area contributed by atoms with Crippen molar-refractivity contribution in [2.75, 3.05) is 18.9 Å². The minimum Gasteiger partial charge on any atom is -0.428 e. The van der Waals surface area contributed by atoms with Gasteiger partial charge in [0.2, 0.25) is 0 Å². The number of nitrogen functional groups attached to an aromatic ring is 1. The maximum atomic E-state index is 5.44. The molecule has 2 N–H and O–H groups in total. The minimum absolute atomic E-state index is 0.0584. The van der Waals surface area contributed by atoms with E-state index < -0.39 is 0 Å². The Morgan fingerprint density at radius 3 is 2.69 bits per heavy atom. The Morgan fingerprint density at radius 2 is 2.15 bits per heavy atom. The first kappa shape index (κ1) is 8.56. The fraction of sp³-hybridized carbons (Fsp3) is 0.667. The standard InChI is InChI=1S/C9H14N2O2/c1-9(2-4-12-5-3-9)7-6-11-8(10)13-7/h6H,2-5H2,1H3,(H2,10,11). The van der Waals surface area contributed by atoms with Crippen LogP contribution < -0.4 is 5.73 Å². The smallest absolute Gasteiger partial charge is 0.292 e. The van der Waals surface area contributed by atoms with Crippen molar-refractivity contribution in [3.05, 3.63) is 12.0 Å². The second-order valence-corrected chi connectivity index (χ2v) is 3.74. The number of nitrogens with two attached hydrogens (primary N) is 1. The number of anilines is 1. The van der Waals surface area contributed by atoms with Crippen LogP contribution in [0.25, 0.3) is 0 Å². The van der Waals surface area contributed by atoms with E-state index in [1.807, 2.05) is 0 Å². The fourth-order valence-corrected chi connectivity index (χ4v) is 1.63. The lowest BCUT2D eigenvalue weighted by Crippen LogP contribution is -2.30. The highest BCUT2D eigenvalue weighted by atomic mass is 16.5. The van der Waals surface area contributed by atoms with Gasteiger partial charge in [0.15, 0.2) is 0 Å². The van der Waals surface area contributed by atoms with E-state index in [1.165, 1.54) is 0 Å². The van der Waals surface area contributed by atoms with Gasteiger partial charge < -0.3 is 14.9 Å². The Bertz CT molecular complexity index is 290. The lowest BCUT2D eigenvalue weighted by molar-refractivity contribution is 0.0492. The number of oxazole rings is 1. The van der Waals surface area contributed by atoms with Crippen molar-refractivity contribution in [1.82, 2.24) is 4.98 Å². The van der Waals surface area contributed by atoms with Crippen molar-refractivity contribution in [3.63, 3.8) is 0 Å². The summed E-state index contributed by atoms with van der Waals surface area (Å²) in [6.07, 6.45) is 3.67. The van der Waals surface area contributed by atoms with Crippen molar-refractivity contribution < 1.29 is 9.15 Å². The molecule has 2 rings (SSSR count). The van der Waals surface area contributed by atoms with Crippen LogP contribution in [0, 0.1) is 0 Å². The molecule has 1 fully saturated rings. The van der Waals surface area contributed by atoms with Crippen LogP contribution in [0.15, 0.2) is 10.6 Å². The molecule has 0 spiro atoms. The van der Waals surface area contributed by atoms with Crippen LogP contribution in [-0.2, 0) is 10.2 Å². The van der Waals surface area contributed by atoms with Crippen molar-refractivity contribution in [1.29, 1.82) is 0 Å². The van der Waals surface area contributed by atoms with E-state index in [-0.39, 0.29) is 11.4 Å². The summed E-state index contributed by atoms with van der Waals surface area (Å²) in [5, 5.41) is 0. The van der Waals surface area contributed by atoms with Crippen LogP contribution in [0.5, 0.6) is 0 Å². The van der Waals surface area contributed by atoms with Crippen LogP contribution >= 0.6 is 0 Å². The van der Waals surface area contributed by atoms with Gasteiger partial charge in [-0.15, -0.1) is 0 Å². The molecule has 0 atom stereocenters. The fourth-order valence-electron chi connectivity index (χ4n) is 1.63. The molecule has 13 heavy (non-hydrogen) atoms. The Hall–Kier alpha value is -1.03. The summed E-state index contributed by atoms with van der Waals surface area (Å²) in [5.74, 6) is 0.883. The van der Waals surface area contributed by atoms with Gasteiger partial charge in [0.25, 0.3) is 6.01 Å². The third-order valence-corrected chi connectivity index (χ3v) is 2.71. The number of hydrogen-bond donors (Lipinski definition) is 1. The largest absolute Gasteiger partial charge is 0.428 e. The SMILES string of the molecule is CC1(c2cnc(N)o2)CCOCC1. The van der Waals surface area contributed by atoms with E-state index in [2.05, 4.69) is 11.9 Å². The predicted molar refractivity (Wildman–Crippen MR) is 48.3 cm³/mol. The second-order valence-electron chi connectivity index (χ2n) is 3.74. The molecule has 0 saturated carbocycles. The van der Waals surface area contributed by atoms with Crippen molar-refractivity contribution >= 4 is 6.01 Å². The number of hydrogen-bond acceptors (Lipinski definition) is 4. The molecule has 1 aliphatic heterocycles. The van der Waals surface area contributed by atoms with Gasteiger partial charge in [0.05, 0.1) is 6.20 Å². The highest BCUT2D eigenvalue weighted by molar-refractivity contribution is 5.18. The van der Waals surface area contributed by atoms with E-state index in [0.717, 1.165) is 31.8 Å². The molecule has 0 radical (unpaired) electrons. The maximum absolute atomic E-state index is 5.44. The zero-order chi connectivity index (χ0) is 9.31. The lowest BCUT2D eigenvalue weighted by Gasteiger charge is -2.30. The van der Waals surface area contributed by atoms with Gasteiger partial charge in [-0.05, 0) is 12.8 Å². The summed E-state index contributed by atoms with van der Waals surface area (Å²) >= 11 is 0. The van der Waals surface area contributed by atoms with Crippen LogP contribution in [-0.4, -0.2) is 18.2 Å². The maximum Gasteiger partial charge on any atom is 0.292 e. The first-order chi connectivity index (χ1) is 6.21. The first-order valence-electron chi connectivity index (χ1n) is 4.50. The van der Waals surface area contributed by atoms with Crippen LogP contribution in [0.4, 0.5) is 6.01 Å². The molecule has 2 heterocycles. The summed E-state index contributed by atoms with van der Waals surface area (Å²) in [6, 6.07) is 0.253. The molecule has 0 amide bonds. The van der Waals surface area contributed by atoms with Gasteiger partial charge in [-0.3, -0.25) is 0 Å².